The van der Waals surface area contributed by atoms with Crippen molar-refractivity contribution >= 4 is 5.91 Å². The Labute approximate surface area is 197 Å². The largest absolute Gasteiger partial charge is 0.417 e. The highest BCUT2D eigenvalue weighted by Gasteiger charge is 2.56. The summed E-state index contributed by atoms with van der Waals surface area (Å²) in [4.78, 5) is 19.6. The van der Waals surface area contributed by atoms with E-state index in [1.165, 1.54) is 0 Å². The fourth-order valence-corrected chi connectivity index (χ4v) is 6.20. The summed E-state index contributed by atoms with van der Waals surface area (Å²) in [6.07, 6.45) is 7.04. The molecule has 3 atom stereocenters. The average molecular weight is 468 g/mol. The number of hydrogen-bond donors (Lipinski definition) is 1. The first-order valence-corrected chi connectivity index (χ1v) is 11.9. The summed E-state index contributed by atoms with van der Waals surface area (Å²) in [5, 5.41) is 3.63. The number of nitrogens with one attached hydrogen (secondary N) is 1. The first-order valence-electron chi connectivity index (χ1n) is 11.9. The molecular weight excluding hydrogens is 439 g/mol. The molecule has 1 aromatic heterocycles. The molecule has 2 aromatic rings. The molecule has 1 N–H and O–H groups in total. The van der Waals surface area contributed by atoms with Crippen molar-refractivity contribution in [2.75, 3.05) is 6.54 Å². The van der Waals surface area contributed by atoms with E-state index in [9.17, 15) is 18.0 Å². The van der Waals surface area contributed by atoms with Crippen molar-refractivity contribution in [2.45, 2.75) is 63.8 Å². The number of fused-ring (bicyclic) bond motifs is 2. The standard InChI is InChI=1S/C27H28F3N3O/c1-2-18-5-7-19(8-6-18)15-31-23-13-21-4-3-10-26(21,14-23)25(34)33-11-9-24-20(17-33)12-22(16-32-24)27(28,29)30/h1,5-8,12,16,21,23,31H,3-4,9-11,13-15,17H2. The van der Waals surface area contributed by atoms with Crippen molar-refractivity contribution in [1.82, 2.24) is 15.2 Å². The number of pyridine rings is 1. The summed E-state index contributed by atoms with van der Waals surface area (Å²) in [5.41, 5.74) is 2.03. The number of aromatic nitrogens is 1. The number of halogens is 3. The van der Waals surface area contributed by atoms with E-state index in [-0.39, 0.29) is 18.5 Å². The van der Waals surface area contributed by atoms with Crippen molar-refractivity contribution in [3.05, 3.63) is 64.5 Å². The van der Waals surface area contributed by atoms with Crippen LogP contribution in [0.3, 0.4) is 0 Å². The number of rotatable bonds is 4. The van der Waals surface area contributed by atoms with Crippen LogP contribution in [0.4, 0.5) is 13.2 Å². The Morgan fingerprint density at radius 1 is 1.29 bits per heavy atom. The smallest absolute Gasteiger partial charge is 0.337 e. The fourth-order valence-electron chi connectivity index (χ4n) is 6.20. The molecule has 2 saturated carbocycles. The Morgan fingerprint density at radius 2 is 2.09 bits per heavy atom. The molecule has 1 aliphatic heterocycles. The maximum absolute atomic E-state index is 13.8. The van der Waals surface area contributed by atoms with Gasteiger partial charge in [-0.05, 0) is 60.9 Å². The number of amides is 1. The normalized spacial score (nSPS) is 26.1. The van der Waals surface area contributed by atoms with Crippen LogP contribution >= 0.6 is 0 Å². The maximum Gasteiger partial charge on any atom is 0.417 e. The molecular formula is C27H28F3N3O. The molecule has 178 valence electrons. The Bertz CT molecular complexity index is 1120. The monoisotopic (exact) mass is 467 g/mol. The van der Waals surface area contributed by atoms with Crippen LogP contribution in [0.2, 0.25) is 0 Å². The number of terminal acetylenes is 1. The van der Waals surface area contributed by atoms with E-state index >= 15 is 0 Å². The van der Waals surface area contributed by atoms with Crippen LogP contribution in [0.5, 0.6) is 0 Å². The molecule has 1 amide bonds. The van der Waals surface area contributed by atoms with Gasteiger partial charge in [0, 0.05) is 49.6 Å². The van der Waals surface area contributed by atoms with Gasteiger partial charge in [-0.1, -0.05) is 24.5 Å². The van der Waals surface area contributed by atoms with Crippen molar-refractivity contribution in [3.63, 3.8) is 0 Å². The molecule has 2 heterocycles. The van der Waals surface area contributed by atoms with Crippen molar-refractivity contribution in [1.29, 1.82) is 0 Å². The molecule has 7 heteroatoms. The van der Waals surface area contributed by atoms with Crippen molar-refractivity contribution < 1.29 is 18.0 Å². The number of hydrogen-bond acceptors (Lipinski definition) is 3. The van der Waals surface area contributed by atoms with Gasteiger partial charge in [-0.25, -0.2) is 0 Å². The predicted molar refractivity (Wildman–Crippen MR) is 122 cm³/mol. The molecule has 3 aliphatic rings. The number of carbonyl (C=O) groups is 1. The summed E-state index contributed by atoms with van der Waals surface area (Å²) >= 11 is 0. The molecule has 3 unspecified atom stereocenters. The molecule has 2 fully saturated rings. The number of benzene rings is 1. The van der Waals surface area contributed by atoms with E-state index in [1.807, 2.05) is 24.3 Å². The Hall–Kier alpha value is -2.85. The van der Waals surface area contributed by atoms with Gasteiger partial charge in [0.25, 0.3) is 0 Å². The molecule has 0 radical (unpaired) electrons. The third-order valence-corrected chi connectivity index (χ3v) is 7.93. The van der Waals surface area contributed by atoms with Crippen LogP contribution in [-0.2, 0) is 30.5 Å². The first kappa shape index (κ1) is 22.9. The van der Waals surface area contributed by atoms with E-state index < -0.39 is 17.2 Å². The van der Waals surface area contributed by atoms with Gasteiger partial charge < -0.3 is 10.2 Å². The molecule has 5 rings (SSSR count). The predicted octanol–water partition coefficient (Wildman–Crippen LogP) is 4.71. The first-order chi connectivity index (χ1) is 16.3. The van der Waals surface area contributed by atoms with Crippen LogP contribution in [0.15, 0.2) is 36.5 Å². The molecule has 4 nitrogen and oxygen atoms in total. The highest BCUT2D eigenvalue weighted by atomic mass is 19.4. The van der Waals surface area contributed by atoms with Gasteiger partial charge in [0.05, 0.1) is 11.0 Å². The zero-order valence-electron chi connectivity index (χ0n) is 19.0. The van der Waals surface area contributed by atoms with E-state index in [0.717, 1.165) is 62.0 Å². The lowest BCUT2D eigenvalue weighted by molar-refractivity contribution is -0.144. The van der Waals surface area contributed by atoms with Gasteiger partial charge in [-0.2, -0.15) is 13.2 Å². The van der Waals surface area contributed by atoms with Crippen LogP contribution in [0.25, 0.3) is 0 Å². The minimum atomic E-state index is -4.44. The second kappa shape index (κ2) is 8.74. The van der Waals surface area contributed by atoms with E-state index in [4.69, 9.17) is 6.42 Å². The lowest BCUT2D eigenvalue weighted by atomic mass is 9.78. The van der Waals surface area contributed by atoms with Crippen molar-refractivity contribution in [3.8, 4) is 12.3 Å². The highest BCUT2D eigenvalue weighted by Crippen LogP contribution is 2.55. The topological polar surface area (TPSA) is 45.2 Å². The molecule has 0 saturated heterocycles. The van der Waals surface area contributed by atoms with Gasteiger partial charge in [0.2, 0.25) is 5.91 Å². The van der Waals surface area contributed by atoms with Crippen LogP contribution in [-0.4, -0.2) is 28.4 Å². The van der Waals surface area contributed by atoms with E-state index in [0.29, 0.717) is 30.1 Å². The lowest BCUT2D eigenvalue weighted by Crippen LogP contribution is -2.46. The molecule has 2 aliphatic carbocycles. The van der Waals surface area contributed by atoms with Gasteiger partial charge >= 0.3 is 6.18 Å². The van der Waals surface area contributed by atoms with Gasteiger partial charge in [-0.3, -0.25) is 9.78 Å². The van der Waals surface area contributed by atoms with E-state index in [2.05, 4.69) is 16.2 Å². The number of alkyl halides is 3. The molecule has 1 aromatic carbocycles. The summed E-state index contributed by atoms with van der Waals surface area (Å²) in [7, 11) is 0. The Balaban J connectivity index is 1.28. The summed E-state index contributed by atoms with van der Waals surface area (Å²) < 4.78 is 39.5. The van der Waals surface area contributed by atoms with Crippen LogP contribution < -0.4 is 5.32 Å². The SMILES string of the molecule is C#Cc1ccc(CNC2CC3CCCC3(C(=O)N3CCc4ncc(C(F)(F)F)cc4C3)C2)cc1. The summed E-state index contributed by atoms with van der Waals surface area (Å²) in [6.45, 7) is 1.44. The zero-order valence-corrected chi connectivity index (χ0v) is 19.0. The minimum absolute atomic E-state index is 0.112. The second-order valence-corrected chi connectivity index (χ2v) is 9.91. The molecule has 34 heavy (non-hydrogen) atoms. The van der Waals surface area contributed by atoms with Crippen molar-refractivity contribution in [2.24, 2.45) is 11.3 Å². The zero-order chi connectivity index (χ0) is 23.9. The molecule has 0 bridgehead atoms. The van der Waals surface area contributed by atoms with Crippen LogP contribution in [0, 0.1) is 23.7 Å². The summed E-state index contributed by atoms with van der Waals surface area (Å²) in [5.74, 6) is 3.05. The summed E-state index contributed by atoms with van der Waals surface area (Å²) in [6, 6.07) is 9.31. The van der Waals surface area contributed by atoms with Gasteiger partial charge in [0.15, 0.2) is 0 Å². The average Bonchev–Trinajstić information content (AvgIpc) is 3.39. The van der Waals surface area contributed by atoms with E-state index in [1.54, 1.807) is 4.90 Å². The second-order valence-electron chi connectivity index (χ2n) is 9.91. The molecule has 0 spiro atoms. The minimum Gasteiger partial charge on any atom is -0.337 e. The van der Waals surface area contributed by atoms with Crippen LogP contribution in [0.1, 0.15) is 60.1 Å². The third-order valence-electron chi connectivity index (χ3n) is 7.93. The van der Waals surface area contributed by atoms with Gasteiger partial charge in [0.1, 0.15) is 0 Å². The Kier molecular flexibility index (Phi) is 5.89. The highest BCUT2D eigenvalue weighted by molar-refractivity contribution is 5.84. The Morgan fingerprint density at radius 3 is 2.82 bits per heavy atom. The third kappa shape index (κ3) is 4.20. The number of carbonyl (C=O) groups excluding carboxylic acids is 1. The number of nitrogens with zero attached hydrogens (tertiary/aromatic N) is 2. The fraction of sp³-hybridized carbons (Fsp3) is 0.481. The maximum atomic E-state index is 13.8. The lowest BCUT2D eigenvalue weighted by Gasteiger charge is -2.37. The van der Waals surface area contributed by atoms with Gasteiger partial charge in [-0.15, -0.1) is 6.42 Å². The quantitative estimate of drug-likeness (QED) is 0.663.